The van der Waals surface area contributed by atoms with Crippen LogP contribution in [0.15, 0.2) is 48.7 Å². The van der Waals surface area contributed by atoms with Crippen LogP contribution in [0.25, 0.3) is 0 Å². The van der Waals surface area contributed by atoms with E-state index in [2.05, 4.69) is 22.4 Å². The number of hydrogen-bond acceptors (Lipinski definition) is 3. The molecule has 0 unspecified atom stereocenters. The van der Waals surface area contributed by atoms with Gasteiger partial charge in [-0.3, -0.25) is 4.79 Å². The Kier molecular flexibility index (Phi) is 4.71. The van der Waals surface area contributed by atoms with Crippen LogP contribution in [-0.4, -0.2) is 31.5 Å². The number of nitrogens with zero attached hydrogens (tertiary/aromatic N) is 2. The van der Waals surface area contributed by atoms with Gasteiger partial charge < -0.3 is 10.2 Å². The van der Waals surface area contributed by atoms with E-state index < -0.39 is 0 Å². The second-order valence-electron chi connectivity index (χ2n) is 4.79. The van der Waals surface area contributed by atoms with E-state index in [1.807, 2.05) is 37.2 Å². The van der Waals surface area contributed by atoms with Crippen LogP contribution >= 0.6 is 0 Å². The van der Waals surface area contributed by atoms with Crippen molar-refractivity contribution in [2.24, 2.45) is 0 Å². The van der Waals surface area contributed by atoms with Gasteiger partial charge in [0.05, 0.1) is 0 Å². The molecule has 0 fully saturated rings. The molecule has 0 bridgehead atoms. The van der Waals surface area contributed by atoms with Crippen molar-refractivity contribution in [3.05, 3.63) is 59.8 Å². The Morgan fingerprint density at radius 3 is 2.65 bits per heavy atom. The third-order valence-corrected chi connectivity index (χ3v) is 3.01. The van der Waals surface area contributed by atoms with E-state index >= 15 is 0 Å². The fraction of sp³-hybridized carbons (Fsp3) is 0.250. The van der Waals surface area contributed by atoms with E-state index in [9.17, 15) is 4.79 Å². The van der Waals surface area contributed by atoms with Crippen molar-refractivity contribution < 1.29 is 4.79 Å². The lowest BCUT2D eigenvalue weighted by atomic mass is 10.1. The molecule has 1 aromatic heterocycles. The summed E-state index contributed by atoms with van der Waals surface area (Å²) in [4.78, 5) is 18.1. The van der Waals surface area contributed by atoms with Gasteiger partial charge in [0.1, 0.15) is 5.82 Å². The molecule has 1 heterocycles. The molecule has 4 nitrogen and oxygen atoms in total. The highest BCUT2D eigenvalue weighted by atomic mass is 16.1. The molecule has 0 radical (unpaired) electrons. The van der Waals surface area contributed by atoms with Crippen LogP contribution in [0, 0.1) is 0 Å². The number of pyridine rings is 1. The minimum Gasteiger partial charge on any atom is -0.363 e. The minimum absolute atomic E-state index is 0.0635. The van der Waals surface area contributed by atoms with Crippen molar-refractivity contribution in [2.75, 3.05) is 25.5 Å². The Hall–Kier alpha value is -2.36. The summed E-state index contributed by atoms with van der Waals surface area (Å²) in [5.74, 6) is 0.715. The first-order chi connectivity index (χ1) is 9.66. The summed E-state index contributed by atoms with van der Waals surface area (Å²) >= 11 is 0. The van der Waals surface area contributed by atoms with Crippen LogP contribution in [0.1, 0.15) is 15.9 Å². The quantitative estimate of drug-likeness (QED) is 0.904. The molecule has 0 aliphatic rings. The van der Waals surface area contributed by atoms with E-state index in [0.29, 0.717) is 12.1 Å². The van der Waals surface area contributed by atoms with Crippen molar-refractivity contribution in [3.63, 3.8) is 0 Å². The molecular weight excluding hydrogens is 250 g/mol. The van der Waals surface area contributed by atoms with Crippen molar-refractivity contribution in [3.8, 4) is 0 Å². The number of carbonyl (C=O) groups excluding carboxylic acids is 1. The second kappa shape index (κ2) is 6.70. The van der Waals surface area contributed by atoms with Gasteiger partial charge >= 0.3 is 0 Å². The van der Waals surface area contributed by atoms with Crippen molar-refractivity contribution in [2.45, 2.75) is 6.42 Å². The third kappa shape index (κ3) is 3.82. The van der Waals surface area contributed by atoms with Gasteiger partial charge in [-0.15, -0.1) is 0 Å². The predicted molar refractivity (Wildman–Crippen MR) is 81.0 cm³/mol. The maximum absolute atomic E-state index is 12.1. The summed E-state index contributed by atoms with van der Waals surface area (Å²) in [6, 6.07) is 13.6. The zero-order valence-corrected chi connectivity index (χ0v) is 11.8. The SMILES string of the molecule is CN(C)c1cc(C(=O)NCCc2ccccc2)ccn1. The molecule has 0 atom stereocenters. The van der Waals surface area contributed by atoms with Crippen LogP contribution < -0.4 is 10.2 Å². The summed E-state index contributed by atoms with van der Waals surface area (Å²) < 4.78 is 0. The average Bonchev–Trinajstić information content (AvgIpc) is 2.48. The zero-order valence-electron chi connectivity index (χ0n) is 11.8. The van der Waals surface area contributed by atoms with Gasteiger partial charge in [-0.1, -0.05) is 30.3 Å². The number of rotatable bonds is 5. The van der Waals surface area contributed by atoms with Crippen LogP contribution in [0.2, 0.25) is 0 Å². The molecular formula is C16H19N3O. The molecule has 0 saturated carbocycles. The molecule has 20 heavy (non-hydrogen) atoms. The molecule has 2 aromatic rings. The summed E-state index contributed by atoms with van der Waals surface area (Å²) in [5.41, 5.74) is 1.85. The smallest absolute Gasteiger partial charge is 0.251 e. The maximum atomic E-state index is 12.1. The van der Waals surface area contributed by atoms with Crippen LogP contribution in [-0.2, 0) is 6.42 Å². The van der Waals surface area contributed by atoms with Gasteiger partial charge in [-0.25, -0.2) is 4.98 Å². The standard InChI is InChI=1S/C16H19N3O/c1-19(2)15-12-14(9-11-17-15)16(20)18-10-8-13-6-4-3-5-7-13/h3-7,9,11-12H,8,10H2,1-2H3,(H,18,20). The lowest BCUT2D eigenvalue weighted by molar-refractivity contribution is 0.0954. The summed E-state index contributed by atoms with van der Waals surface area (Å²) in [7, 11) is 3.80. The summed E-state index contributed by atoms with van der Waals surface area (Å²) in [5, 5.41) is 2.93. The molecule has 0 spiro atoms. The van der Waals surface area contributed by atoms with E-state index in [0.717, 1.165) is 12.2 Å². The maximum Gasteiger partial charge on any atom is 0.251 e. The molecule has 1 amide bonds. The zero-order chi connectivity index (χ0) is 14.4. The highest BCUT2D eigenvalue weighted by Crippen LogP contribution is 2.09. The van der Waals surface area contributed by atoms with Crippen LogP contribution in [0.3, 0.4) is 0 Å². The van der Waals surface area contributed by atoms with Crippen LogP contribution in [0.5, 0.6) is 0 Å². The lowest BCUT2D eigenvalue weighted by Gasteiger charge is -2.12. The normalized spacial score (nSPS) is 10.1. The average molecular weight is 269 g/mol. The lowest BCUT2D eigenvalue weighted by Crippen LogP contribution is -2.26. The highest BCUT2D eigenvalue weighted by molar-refractivity contribution is 5.94. The number of hydrogen-bond donors (Lipinski definition) is 1. The van der Waals surface area contributed by atoms with Gasteiger partial charge in [-0.05, 0) is 24.1 Å². The molecule has 0 aliphatic carbocycles. The fourth-order valence-electron chi connectivity index (χ4n) is 1.87. The molecule has 0 saturated heterocycles. The predicted octanol–water partition coefficient (Wildman–Crippen LogP) is 2.12. The highest BCUT2D eigenvalue weighted by Gasteiger charge is 2.07. The Morgan fingerprint density at radius 2 is 1.95 bits per heavy atom. The number of amides is 1. The van der Waals surface area contributed by atoms with Gasteiger partial charge in [0, 0.05) is 32.4 Å². The van der Waals surface area contributed by atoms with E-state index in [-0.39, 0.29) is 5.91 Å². The fourth-order valence-corrected chi connectivity index (χ4v) is 1.87. The Bertz CT molecular complexity index is 567. The molecule has 1 N–H and O–H groups in total. The van der Waals surface area contributed by atoms with Gasteiger partial charge in [-0.2, -0.15) is 0 Å². The molecule has 0 aliphatic heterocycles. The Balaban J connectivity index is 1.90. The van der Waals surface area contributed by atoms with Crippen LogP contribution in [0.4, 0.5) is 5.82 Å². The molecule has 4 heteroatoms. The number of aromatic nitrogens is 1. The number of nitrogens with one attached hydrogen (secondary N) is 1. The monoisotopic (exact) mass is 269 g/mol. The summed E-state index contributed by atoms with van der Waals surface area (Å²) in [6.45, 7) is 0.627. The number of carbonyl (C=O) groups is 1. The van der Waals surface area contributed by atoms with Gasteiger partial charge in [0.25, 0.3) is 5.91 Å². The van der Waals surface area contributed by atoms with Crippen molar-refractivity contribution >= 4 is 11.7 Å². The minimum atomic E-state index is -0.0635. The number of benzene rings is 1. The molecule has 2 rings (SSSR count). The first-order valence-corrected chi connectivity index (χ1v) is 6.62. The first-order valence-electron chi connectivity index (χ1n) is 6.62. The topological polar surface area (TPSA) is 45.2 Å². The van der Waals surface area contributed by atoms with Crippen molar-refractivity contribution in [1.82, 2.24) is 10.3 Å². The van der Waals surface area contributed by atoms with Crippen molar-refractivity contribution in [1.29, 1.82) is 0 Å². The van der Waals surface area contributed by atoms with E-state index in [4.69, 9.17) is 0 Å². The van der Waals surface area contributed by atoms with Gasteiger partial charge in [0.15, 0.2) is 0 Å². The Labute approximate surface area is 119 Å². The number of anilines is 1. The van der Waals surface area contributed by atoms with E-state index in [1.54, 1.807) is 18.3 Å². The molecule has 104 valence electrons. The molecule has 1 aromatic carbocycles. The van der Waals surface area contributed by atoms with E-state index in [1.165, 1.54) is 5.56 Å². The van der Waals surface area contributed by atoms with Gasteiger partial charge in [0.2, 0.25) is 0 Å². The second-order valence-corrected chi connectivity index (χ2v) is 4.79. The first kappa shape index (κ1) is 14.1. The summed E-state index contributed by atoms with van der Waals surface area (Å²) in [6.07, 6.45) is 2.49. The largest absolute Gasteiger partial charge is 0.363 e. The third-order valence-electron chi connectivity index (χ3n) is 3.01. The Morgan fingerprint density at radius 1 is 1.20 bits per heavy atom.